The van der Waals surface area contributed by atoms with Crippen molar-refractivity contribution in [2.24, 2.45) is 0 Å². The predicted molar refractivity (Wildman–Crippen MR) is 73.0 cm³/mol. The SMILES string of the molecule is CC1CCN(Cc2ccc(F)cc2)CCC(C)N1. The van der Waals surface area contributed by atoms with E-state index in [-0.39, 0.29) is 5.82 Å². The smallest absolute Gasteiger partial charge is 0.123 e. The lowest BCUT2D eigenvalue weighted by Crippen LogP contribution is -2.42. The molecule has 18 heavy (non-hydrogen) atoms. The van der Waals surface area contributed by atoms with E-state index in [1.807, 2.05) is 12.1 Å². The molecule has 0 aliphatic carbocycles. The summed E-state index contributed by atoms with van der Waals surface area (Å²) in [6, 6.07) is 8.03. The van der Waals surface area contributed by atoms with Gasteiger partial charge in [-0.1, -0.05) is 12.1 Å². The summed E-state index contributed by atoms with van der Waals surface area (Å²) in [4.78, 5) is 2.47. The molecule has 0 saturated carbocycles. The van der Waals surface area contributed by atoms with Gasteiger partial charge in [0.2, 0.25) is 0 Å². The first-order valence-corrected chi connectivity index (χ1v) is 6.86. The number of hydrogen-bond donors (Lipinski definition) is 1. The Labute approximate surface area is 109 Å². The van der Waals surface area contributed by atoms with Gasteiger partial charge < -0.3 is 5.32 Å². The van der Waals surface area contributed by atoms with Crippen molar-refractivity contribution < 1.29 is 4.39 Å². The topological polar surface area (TPSA) is 15.3 Å². The molecule has 1 aliphatic rings. The maximum Gasteiger partial charge on any atom is 0.123 e. The highest BCUT2D eigenvalue weighted by atomic mass is 19.1. The summed E-state index contributed by atoms with van der Waals surface area (Å²) in [5.74, 6) is -0.155. The van der Waals surface area contributed by atoms with Crippen molar-refractivity contribution in [1.29, 1.82) is 0 Å². The van der Waals surface area contributed by atoms with Gasteiger partial charge in [0.05, 0.1) is 0 Å². The quantitative estimate of drug-likeness (QED) is 0.868. The first-order chi connectivity index (χ1) is 8.63. The third-order valence-electron chi connectivity index (χ3n) is 3.65. The number of nitrogens with one attached hydrogen (secondary N) is 1. The van der Waals surface area contributed by atoms with Gasteiger partial charge in [-0.2, -0.15) is 0 Å². The van der Waals surface area contributed by atoms with Crippen LogP contribution in [0.5, 0.6) is 0 Å². The Kier molecular flexibility index (Phi) is 4.72. The van der Waals surface area contributed by atoms with Crippen LogP contribution in [-0.2, 0) is 6.54 Å². The van der Waals surface area contributed by atoms with Crippen molar-refractivity contribution in [2.45, 2.75) is 45.3 Å². The third-order valence-corrected chi connectivity index (χ3v) is 3.65. The lowest BCUT2D eigenvalue weighted by Gasteiger charge is -2.30. The fraction of sp³-hybridized carbons (Fsp3) is 0.600. The third kappa shape index (κ3) is 4.07. The molecule has 2 atom stereocenters. The normalized spacial score (nSPS) is 26.6. The molecular formula is C15H23FN2. The van der Waals surface area contributed by atoms with E-state index in [2.05, 4.69) is 24.1 Å². The molecule has 1 N–H and O–H groups in total. The Morgan fingerprint density at radius 1 is 1.11 bits per heavy atom. The molecule has 2 rings (SSSR count). The number of hydrogen-bond acceptors (Lipinski definition) is 2. The van der Waals surface area contributed by atoms with Crippen LogP contribution in [0.3, 0.4) is 0 Å². The Hall–Kier alpha value is -0.930. The highest BCUT2D eigenvalue weighted by molar-refractivity contribution is 5.15. The Balaban J connectivity index is 1.93. The van der Waals surface area contributed by atoms with Crippen molar-refractivity contribution in [3.63, 3.8) is 0 Å². The van der Waals surface area contributed by atoms with Crippen molar-refractivity contribution in [2.75, 3.05) is 13.1 Å². The maximum absolute atomic E-state index is 12.9. The highest BCUT2D eigenvalue weighted by Gasteiger charge is 2.15. The summed E-state index contributed by atoms with van der Waals surface area (Å²) < 4.78 is 12.9. The lowest BCUT2D eigenvalue weighted by molar-refractivity contribution is 0.212. The van der Waals surface area contributed by atoms with Crippen molar-refractivity contribution in [3.05, 3.63) is 35.6 Å². The zero-order valence-electron chi connectivity index (χ0n) is 11.3. The molecule has 1 aromatic rings. The molecular weight excluding hydrogens is 227 g/mol. The summed E-state index contributed by atoms with van der Waals surface area (Å²) in [5, 5.41) is 3.60. The minimum atomic E-state index is -0.155. The molecule has 0 radical (unpaired) electrons. The molecule has 1 heterocycles. The summed E-state index contributed by atoms with van der Waals surface area (Å²) in [7, 11) is 0. The lowest BCUT2D eigenvalue weighted by atomic mass is 10.1. The minimum Gasteiger partial charge on any atom is -0.312 e. The predicted octanol–water partition coefficient (Wildman–Crippen LogP) is 2.79. The van der Waals surface area contributed by atoms with E-state index < -0.39 is 0 Å². The minimum absolute atomic E-state index is 0.155. The molecule has 0 aromatic heterocycles. The summed E-state index contributed by atoms with van der Waals surface area (Å²) in [6.07, 6.45) is 2.34. The van der Waals surface area contributed by atoms with E-state index in [4.69, 9.17) is 0 Å². The fourth-order valence-electron chi connectivity index (χ4n) is 2.52. The van der Waals surface area contributed by atoms with E-state index in [0.29, 0.717) is 12.1 Å². The van der Waals surface area contributed by atoms with E-state index in [0.717, 1.165) is 19.6 Å². The second-order valence-corrected chi connectivity index (χ2v) is 5.45. The molecule has 1 fully saturated rings. The summed E-state index contributed by atoms with van der Waals surface area (Å²) in [6.45, 7) is 7.64. The molecule has 0 bridgehead atoms. The second kappa shape index (κ2) is 6.30. The van der Waals surface area contributed by atoms with Crippen molar-refractivity contribution in [1.82, 2.24) is 10.2 Å². The molecule has 1 aliphatic heterocycles. The monoisotopic (exact) mass is 250 g/mol. The zero-order chi connectivity index (χ0) is 13.0. The van der Waals surface area contributed by atoms with E-state index in [9.17, 15) is 4.39 Å². The number of benzene rings is 1. The molecule has 0 spiro atoms. The first kappa shape index (κ1) is 13.5. The average Bonchev–Trinajstić information content (AvgIpc) is 2.33. The van der Waals surface area contributed by atoms with Crippen molar-refractivity contribution >= 4 is 0 Å². The van der Waals surface area contributed by atoms with Crippen LogP contribution < -0.4 is 5.32 Å². The molecule has 2 unspecified atom stereocenters. The zero-order valence-corrected chi connectivity index (χ0v) is 11.3. The fourth-order valence-corrected chi connectivity index (χ4v) is 2.52. The molecule has 1 saturated heterocycles. The van der Waals surface area contributed by atoms with Crippen LogP contribution in [0.1, 0.15) is 32.3 Å². The molecule has 3 heteroatoms. The largest absolute Gasteiger partial charge is 0.312 e. The van der Waals surface area contributed by atoms with Gasteiger partial charge in [0.15, 0.2) is 0 Å². The number of halogens is 1. The summed E-state index contributed by atoms with van der Waals surface area (Å²) in [5.41, 5.74) is 1.20. The van der Waals surface area contributed by atoms with E-state index in [1.165, 1.54) is 18.4 Å². The van der Waals surface area contributed by atoms with Crippen LogP contribution in [0.15, 0.2) is 24.3 Å². The second-order valence-electron chi connectivity index (χ2n) is 5.45. The van der Waals surface area contributed by atoms with Crippen LogP contribution in [0.25, 0.3) is 0 Å². The van der Waals surface area contributed by atoms with E-state index >= 15 is 0 Å². The van der Waals surface area contributed by atoms with Crippen LogP contribution >= 0.6 is 0 Å². The van der Waals surface area contributed by atoms with Gasteiger partial charge in [-0.25, -0.2) is 4.39 Å². The molecule has 1 aromatic carbocycles. The van der Waals surface area contributed by atoms with Gasteiger partial charge in [0, 0.05) is 18.6 Å². The van der Waals surface area contributed by atoms with Gasteiger partial charge in [0.25, 0.3) is 0 Å². The van der Waals surface area contributed by atoms with Gasteiger partial charge >= 0.3 is 0 Å². The Morgan fingerprint density at radius 2 is 1.67 bits per heavy atom. The van der Waals surface area contributed by atoms with Crippen LogP contribution in [0, 0.1) is 5.82 Å². The number of rotatable bonds is 2. The van der Waals surface area contributed by atoms with Crippen LogP contribution in [0.4, 0.5) is 4.39 Å². The standard InChI is InChI=1S/C15H23FN2/c1-12-7-9-18(10-8-13(2)17-12)11-14-3-5-15(16)6-4-14/h3-6,12-13,17H,7-11H2,1-2H3. The first-order valence-electron chi connectivity index (χ1n) is 6.86. The molecule has 2 nitrogen and oxygen atoms in total. The molecule has 0 amide bonds. The van der Waals surface area contributed by atoms with E-state index in [1.54, 1.807) is 12.1 Å². The van der Waals surface area contributed by atoms with Crippen LogP contribution in [0.2, 0.25) is 0 Å². The van der Waals surface area contributed by atoms with Gasteiger partial charge in [-0.15, -0.1) is 0 Å². The Morgan fingerprint density at radius 3 is 2.22 bits per heavy atom. The maximum atomic E-state index is 12.9. The molecule has 100 valence electrons. The van der Waals surface area contributed by atoms with Gasteiger partial charge in [-0.3, -0.25) is 4.90 Å². The van der Waals surface area contributed by atoms with Gasteiger partial charge in [-0.05, 0) is 57.5 Å². The Bertz CT molecular complexity index is 351. The van der Waals surface area contributed by atoms with Crippen LogP contribution in [-0.4, -0.2) is 30.1 Å². The highest BCUT2D eigenvalue weighted by Crippen LogP contribution is 2.11. The average molecular weight is 250 g/mol. The summed E-state index contributed by atoms with van der Waals surface area (Å²) >= 11 is 0. The number of nitrogens with zero attached hydrogens (tertiary/aromatic N) is 1. The van der Waals surface area contributed by atoms with Gasteiger partial charge in [0.1, 0.15) is 5.82 Å². The van der Waals surface area contributed by atoms with Crippen molar-refractivity contribution in [3.8, 4) is 0 Å².